The Morgan fingerprint density at radius 1 is 1.25 bits per heavy atom. The van der Waals surface area contributed by atoms with Crippen LogP contribution < -0.4 is 0 Å². The fourth-order valence-electron chi connectivity index (χ4n) is 1.56. The summed E-state index contributed by atoms with van der Waals surface area (Å²) in [5.41, 5.74) is 2.16. The Hall–Kier alpha value is -1.15. The number of aliphatic hydroxyl groups excluding tert-OH is 1. The van der Waals surface area contributed by atoms with Crippen LogP contribution in [0, 0.1) is 0 Å². The Kier molecular flexibility index (Phi) is 1.70. The van der Waals surface area contributed by atoms with E-state index in [4.69, 9.17) is 0 Å². The third-order valence-corrected chi connectivity index (χ3v) is 2.27. The van der Waals surface area contributed by atoms with Crippen LogP contribution in [0.25, 0.3) is 0 Å². The largest absolute Gasteiger partial charge is 0.385 e. The van der Waals surface area contributed by atoms with Crippen molar-refractivity contribution in [1.82, 2.24) is 0 Å². The van der Waals surface area contributed by atoms with E-state index in [2.05, 4.69) is 0 Å². The van der Waals surface area contributed by atoms with Gasteiger partial charge in [0.1, 0.15) is 6.10 Å². The molecule has 0 heterocycles. The summed E-state index contributed by atoms with van der Waals surface area (Å²) in [6, 6.07) is 7.76. The molecule has 12 heavy (non-hydrogen) atoms. The van der Waals surface area contributed by atoms with Crippen molar-refractivity contribution in [2.75, 3.05) is 0 Å². The molecule has 1 N–H and O–H groups in total. The van der Waals surface area contributed by atoms with E-state index in [1.165, 1.54) is 0 Å². The normalized spacial score (nSPS) is 22.1. The van der Waals surface area contributed by atoms with E-state index in [9.17, 15) is 9.90 Å². The van der Waals surface area contributed by atoms with Crippen molar-refractivity contribution in [3.63, 3.8) is 0 Å². The quantitative estimate of drug-likeness (QED) is 0.610. The lowest BCUT2D eigenvalue weighted by Gasteiger charge is -2.18. The van der Waals surface area contributed by atoms with Crippen molar-refractivity contribution in [3.8, 4) is 0 Å². The zero-order valence-corrected chi connectivity index (χ0v) is 6.66. The van der Waals surface area contributed by atoms with Gasteiger partial charge in [-0.2, -0.15) is 0 Å². The third kappa shape index (κ3) is 1.14. The van der Waals surface area contributed by atoms with Gasteiger partial charge in [0, 0.05) is 12.8 Å². The molecule has 2 rings (SSSR count). The van der Waals surface area contributed by atoms with Crippen molar-refractivity contribution >= 4 is 5.78 Å². The van der Waals surface area contributed by atoms with E-state index in [0.717, 1.165) is 11.1 Å². The summed E-state index contributed by atoms with van der Waals surface area (Å²) in [4.78, 5) is 11.1. The van der Waals surface area contributed by atoms with Crippen molar-refractivity contribution < 1.29 is 9.90 Å². The second-order valence-electron chi connectivity index (χ2n) is 3.13. The fraction of sp³-hybridized carbons (Fsp3) is 0.300. The monoisotopic (exact) mass is 162 g/mol. The van der Waals surface area contributed by atoms with E-state index in [1.54, 1.807) is 0 Å². The molecule has 0 bridgehead atoms. The predicted molar refractivity (Wildman–Crippen MR) is 44.9 cm³/mol. The number of ketones is 1. The van der Waals surface area contributed by atoms with Gasteiger partial charge in [-0.1, -0.05) is 24.3 Å². The maximum absolute atomic E-state index is 11.1. The van der Waals surface area contributed by atoms with Crippen LogP contribution in [-0.4, -0.2) is 17.0 Å². The van der Waals surface area contributed by atoms with Gasteiger partial charge >= 0.3 is 0 Å². The Bertz CT molecular complexity index is 317. The second kappa shape index (κ2) is 2.72. The van der Waals surface area contributed by atoms with Gasteiger partial charge in [-0.25, -0.2) is 0 Å². The van der Waals surface area contributed by atoms with Crippen molar-refractivity contribution in [2.45, 2.75) is 18.9 Å². The van der Waals surface area contributed by atoms with Crippen LogP contribution in [0.1, 0.15) is 11.1 Å². The summed E-state index contributed by atoms with van der Waals surface area (Å²) in [5.74, 6) is -0.0614. The van der Waals surface area contributed by atoms with Crippen LogP contribution in [-0.2, 0) is 17.6 Å². The molecule has 0 spiro atoms. The molecule has 0 fully saturated rings. The number of aliphatic hydroxyl groups is 1. The number of hydrogen-bond donors (Lipinski definition) is 1. The summed E-state index contributed by atoms with van der Waals surface area (Å²) >= 11 is 0. The Balaban J connectivity index is 2.40. The van der Waals surface area contributed by atoms with Gasteiger partial charge < -0.3 is 5.11 Å². The minimum Gasteiger partial charge on any atom is -0.385 e. The van der Waals surface area contributed by atoms with Crippen molar-refractivity contribution in [3.05, 3.63) is 35.4 Å². The minimum absolute atomic E-state index is 0.0614. The molecule has 0 amide bonds. The summed E-state index contributed by atoms with van der Waals surface area (Å²) in [7, 11) is 0. The van der Waals surface area contributed by atoms with E-state index in [-0.39, 0.29) is 5.78 Å². The van der Waals surface area contributed by atoms with Crippen LogP contribution in [0.2, 0.25) is 0 Å². The van der Waals surface area contributed by atoms with Crippen LogP contribution in [0.4, 0.5) is 0 Å². The standard InChI is InChI=1S/C10H10O2/c11-9-5-7-3-1-2-4-8(7)6-10(9)12/h1-4,9,11H,5-6H2. The molecule has 0 aliphatic heterocycles. The van der Waals surface area contributed by atoms with Crippen LogP contribution in [0.3, 0.4) is 0 Å². The number of fused-ring (bicyclic) bond motifs is 1. The lowest BCUT2D eigenvalue weighted by molar-refractivity contribution is -0.126. The maximum atomic E-state index is 11.1. The van der Waals surface area contributed by atoms with Gasteiger partial charge in [0.25, 0.3) is 0 Å². The molecule has 0 radical (unpaired) electrons. The molecule has 62 valence electrons. The number of hydrogen-bond acceptors (Lipinski definition) is 2. The van der Waals surface area contributed by atoms with Gasteiger partial charge in [0.2, 0.25) is 0 Å². The molecule has 1 aromatic rings. The topological polar surface area (TPSA) is 37.3 Å². The van der Waals surface area contributed by atoms with Gasteiger partial charge in [-0.3, -0.25) is 4.79 Å². The Morgan fingerprint density at radius 3 is 2.67 bits per heavy atom. The van der Waals surface area contributed by atoms with Crippen molar-refractivity contribution in [1.29, 1.82) is 0 Å². The van der Waals surface area contributed by atoms with E-state index in [1.807, 2.05) is 24.3 Å². The Labute approximate surface area is 70.8 Å². The SMILES string of the molecule is O=C1Cc2ccccc2CC1O. The number of Topliss-reactive ketones (excluding diaryl/α,β-unsaturated/α-hetero) is 1. The molecule has 1 unspecified atom stereocenters. The average molecular weight is 162 g/mol. The highest BCUT2D eigenvalue weighted by atomic mass is 16.3. The minimum atomic E-state index is -0.778. The number of carbonyl (C=O) groups excluding carboxylic acids is 1. The van der Waals surface area contributed by atoms with Crippen LogP contribution in [0.15, 0.2) is 24.3 Å². The van der Waals surface area contributed by atoms with E-state index in [0.29, 0.717) is 12.8 Å². The Morgan fingerprint density at radius 2 is 1.92 bits per heavy atom. The number of rotatable bonds is 0. The molecule has 2 nitrogen and oxygen atoms in total. The summed E-state index contributed by atoms with van der Waals surface area (Å²) in [6.45, 7) is 0. The molecule has 0 saturated carbocycles. The van der Waals surface area contributed by atoms with Crippen molar-refractivity contribution in [2.24, 2.45) is 0 Å². The molecular formula is C10H10O2. The maximum Gasteiger partial charge on any atom is 0.165 e. The average Bonchev–Trinajstić information content (AvgIpc) is 2.07. The molecule has 2 heteroatoms. The molecule has 1 aliphatic carbocycles. The predicted octanol–water partition coefficient (Wildman–Crippen LogP) is 0.715. The van der Waals surface area contributed by atoms with Gasteiger partial charge in [0.05, 0.1) is 0 Å². The van der Waals surface area contributed by atoms with Gasteiger partial charge in [-0.05, 0) is 11.1 Å². The zero-order chi connectivity index (χ0) is 8.55. The molecule has 0 saturated heterocycles. The third-order valence-electron chi connectivity index (χ3n) is 2.27. The molecule has 1 aliphatic rings. The van der Waals surface area contributed by atoms with E-state index >= 15 is 0 Å². The van der Waals surface area contributed by atoms with Crippen LogP contribution in [0.5, 0.6) is 0 Å². The number of carbonyl (C=O) groups is 1. The lowest BCUT2D eigenvalue weighted by Crippen LogP contribution is -2.29. The van der Waals surface area contributed by atoms with Gasteiger partial charge in [-0.15, -0.1) is 0 Å². The first-order chi connectivity index (χ1) is 5.77. The highest BCUT2D eigenvalue weighted by Crippen LogP contribution is 2.18. The molecule has 0 aromatic heterocycles. The zero-order valence-electron chi connectivity index (χ0n) is 6.66. The number of benzene rings is 1. The lowest BCUT2D eigenvalue weighted by atomic mass is 9.89. The van der Waals surface area contributed by atoms with E-state index < -0.39 is 6.10 Å². The summed E-state index contributed by atoms with van der Waals surface area (Å²) in [5, 5.41) is 9.27. The first-order valence-electron chi connectivity index (χ1n) is 4.05. The first kappa shape index (κ1) is 7.50. The summed E-state index contributed by atoms with van der Waals surface area (Å²) < 4.78 is 0. The first-order valence-corrected chi connectivity index (χ1v) is 4.05. The molecular weight excluding hydrogens is 152 g/mol. The second-order valence-corrected chi connectivity index (χ2v) is 3.13. The van der Waals surface area contributed by atoms with Gasteiger partial charge in [0.15, 0.2) is 5.78 Å². The fourth-order valence-corrected chi connectivity index (χ4v) is 1.56. The highest BCUT2D eigenvalue weighted by molar-refractivity contribution is 5.87. The smallest absolute Gasteiger partial charge is 0.165 e. The van der Waals surface area contributed by atoms with Crippen LogP contribution >= 0.6 is 0 Å². The highest BCUT2D eigenvalue weighted by Gasteiger charge is 2.23. The molecule has 1 aromatic carbocycles. The molecule has 1 atom stereocenters. The summed E-state index contributed by atoms with van der Waals surface area (Å²) in [6.07, 6.45) is 0.0895.